The largest absolute Gasteiger partial charge is 0.499 e. The van der Waals surface area contributed by atoms with Gasteiger partial charge in [-0.05, 0) is 30.5 Å². The predicted octanol–water partition coefficient (Wildman–Crippen LogP) is 9.74. The summed E-state index contributed by atoms with van der Waals surface area (Å²) in [5, 5.41) is 14.9. The van der Waals surface area contributed by atoms with E-state index in [1.807, 2.05) is 57.5 Å². The zero-order chi connectivity index (χ0) is 36.2. The van der Waals surface area contributed by atoms with Gasteiger partial charge in [0.1, 0.15) is 11.8 Å². The van der Waals surface area contributed by atoms with Gasteiger partial charge in [0.05, 0.1) is 28.6 Å². The summed E-state index contributed by atoms with van der Waals surface area (Å²) in [5.74, 6) is 0.497. The van der Waals surface area contributed by atoms with Crippen LogP contribution in [0.1, 0.15) is 0 Å². The SMILES string of the molecule is [C-]#[N+]C1=CN(c2[c-]ccc(-n3c4ccccc4c4ccccc43)c2)[CH-]N1CCN1[CH-]N(c2[c-]ccc(-n3c4ccccc4c4ccccc43)c2)C=C1C#N.[Pd]. The van der Waals surface area contributed by atoms with Gasteiger partial charge in [-0.3, -0.25) is 0 Å². The van der Waals surface area contributed by atoms with Crippen molar-refractivity contribution in [2.75, 3.05) is 22.9 Å². The molecule has 0 N–H and O–H groups in total. The number of fused-ring (bicyclic) bond motifs is 6. The van der Waals surface area contributed by atoms with Gasteiger partial charge in [0.2, 0.25) is 5.82 Å². The van der Waals surface area contributed by atoms with Crippen molar-refractivity contribution in [1.82, 2.24) is 18.9 Å². The monoisotopic (exact) mass is 800 g/mol. The molecule has 0 spiro atoms. The molecule has 8 aromatic rings. The van der Waals surface area contributed by atoms with E-state index >= 15 is 0 Å². The van der Waals surface area contributed by atoms with Gasteiger partial charge in [0.25, 0.3) is 0 Å². The number of anilines is 2. The van der Waals surface area contributed by atoms with E-state index in [-0.39, 0.29) is 20.4 Å². The van der Waals surface area contributed by atoms with Gasteiger partial charge in [-0.2, -0.15) is 36.2 Å². The predicted molar refractivity (Wildman–Crippen MR) is 215 cm³/mol. The second-order valence-corrected chi connectivity index (χ2v) is 13.3. The number of benzene rings is 6. The van der Waals surface area contributed by atoms with E-state index in [2.05, 4.69) is 154 Å². The minimum atomic E-state index is 0. The van der Waals surface area contributed by atoms with Crippen LogP contribution in [0.15, 0.2) is 157 Å². The first kappa shape index (κ1) is 34.0. The number of hydrogen-bond acceptors (Lipinski definition) is 5. The average Bonchev–Trinajstić information content (AvgIpc) is 4.01. The van der Waals surface area contributed by atoms with Crippen LogP contribution in [0.5, 0.6) is 0 Å². The Balaban J connectivity index is 0.00000397. The normalized spacial score (nSPS) is 14.1. The Kier molecular flexibility index (Phi) is 8.60. The molecule has 268 valence electrons. The summed E-state index contributed by atoms with van der Waals surface area (Å²) >= 11 is 0. The number of rotatable bonds is 7. The van der Waals surface area contributed by atoms with Crippen LogP contribution in [0.2, 0.25) is 0 Å². The smallest absolute Gasteiger partial charge is 0.211 e. The average molecular weight is 801 g/mol. The van der Waals surface area contributed by atoms with E-state index in [0.717, 1.165) is 44.8 Å². The second kappa shape index (κ2) is 13.9. The van der Waals surface area contributed by atoms with Crippen molar-refractivity contribution in [1.29, 1.82) is 5.26 Å². The molecule has 0 atom stereocenters. The molecule has 9 heteroatoms. The zero-order valence-electron chi connectivity index (χ0n) is 29.3. The number of nitrogens with zero attached hydrogens (tertiary/aromatic N) is 8. The van der Waals surface area contributed by atoms with Crippen molar-refractivity contribution < 1.29 is 20.4 Å². The Morgan fingerprint density at radius 2 is 1.00 bits per heavy atom. The van der Waals surface area contributed by atoms with Crippen LogP contribution in [-0.2, 0) is 20.4 Å². The molecule has 0 aliphatic carbocycles. The molecule has 8 nitrogen and oxygen atoms in total. The van der Waals surface area contributed by atoms with Crippen molar-refractivity contribution in [2.45, 2.75) is 0 Å². The molecular weight excluding hydrogens is 771 g/mol. The Labute approximate surface area is 332 Å². The Morgan fingerprint density at radius 3 is 1.45 bits per heavy atom. The Hall–Kier alpha value is -6.76. The van der Waals surface area contributed by atoms with Gasteiger partial charge >= 0.3 is 0 Å². The molecule has 0 fully saturated rings. The molecule has 0 saturated heterocycles. The molecule has 0 radical (unpaired) electrons. The molecule has 10 rings (SSSR count). The molecule has 55 heavy (non-hydrogen) atoms. The maximum atomic E-state index is 10.1. The third kappa shape index (κ3) is 5.70. The molecule has 4 heterocycles. The second-order valence-electron chi connectivity index (χ2n) is 13.3. The first-order valence-corrected chi connectivity index (χ1v) is 17.7. The van der Waals surface area contributed by atoms with Crippen LogP contribution in [0.25, 0.3) is 59.8 Å². The number of aromatic nitrogens is 2. The minimum absolute atomic E-state index is 0. The van der Waals surface area contributed by atoms with E-state index < -0.39 is 0 Å². The van der Waals surface area contributed by atoms with E-state index in [0.29, 0.717) is 24.6 Å². The number of nitriles is 1. The molecular formula is C46H30N8Pd-4. The summed E-state index contributed by atoms with van der Waals surface area (Å²) in [6.07, 6.45) is 3.67. The molecule has 0 amide bonds. The molecule has 0 unspecified atom stereocenters. The standard InChI is InChI=1S/C46H30N8.Pd/c1-48-46-30-52(34-13-11-15-36(27-34)54-44-22-8-4-18-40(44)41-19-5-9-23-45(41)54)32-50(46)25-24-49-31-51(29-37(49)28-47)33-12-10-14-35(26-33)53-42-20-6-2-16-38(42)39-17-3-7-21-43(39)53;/h2-11,14-23,26-27,29-32H,24-25H2;/q-4;. The summed E-state index contributed by atoms with van der Waals surface area (Å²) < 4.78 is 4.55. The van der Waals surface area contributed by atoms with Crippen LogP contribution in [0.3, 0.4) is 0 Å². The van der Waals surface area contributed by atoms with Gasteiger partial charge in [-0.15, -0.1) is 35.6 Å². The molecule has 6 aromatic carbocycles. The van der Waals surface area contributed by atoms with Crippen LogP contribution in [0, 0.1) is 43.4 Å². The Morgan fingerprint density at radius 1 is 0.582 bits per heavy atom. The van der Waals surface area contributed by atoms with Gasteiger partial charge in [-0.25, -0.2) is 0 Å². The van der Waals surface area contributed by atoms with Crippen molar-refractivity contribution in [2.24, 2.45) is 0 Å². The van der Waals surface area contributed by atoms with Crippen molar-refractivity contribution in [3.05, 3.63) is 194 Å². The van der Waals surface area contributed by atoms with Gasteiger partial charge in [0.15, 0.2) is 0 Å². The van der Waals surface area contributed by atoms with Crippen molar-refractivity contribution in [3.8, 4) is 17.4 Å². The number of hydrogen-bond donors (Lipinski definition) is 0. The number of allylic oxidation sites excluding steroid dienone is 1. The summed E-state index contributed by atoms with van der Waals surface area (Å²) in [5.41, 5.74) is 8.72. The van der Waals surface area contributed by atoms with Gasteiger partial charge < -0.3 is 33.6 Å². The quantitative estimate of drug-likeness (QED) is 0.119. The topological polar surface area (TPSA) is 51.0 Å². The fourth-order valence-corrected chi connectivity index (χ4v) is 7.77. The summed E-state index contributed by atoms with van der Waals surface area (Å²) in [6.45, 7) is 12.8. The fourth-order valence-electron chi connectivity index (χ4n) is 7.77. The fraction of sp³-hybridized carbons (Fsp3) is 0.0435. The molecule has 2 aliphatic heterocycles. The third-order valence-corrected chi connectivity index (χ3v) is 10.2. The molecule has 2 aromatic heterocycles. The zero-order valence-corrected chi connectivity index (χ0v) is 30.9. The van der Waals surface area contributed by atoms with Crippen LogP contribution < -0.4 is 9.80 Å². The Bertz CT molecular complexity index is 2620. The van der Waals surface area contributed by atoms with Crippen molar-refractivity contribution >= 4 is 55.0 Å². The van der Waals surface area contributed by atoms with Crippen LogP contribution in [-0.4, -0.2) is 32.0 Å². The molecule has 0 saturated carbocycles. The van der Waals surface area contributed by atoms with E-state index in [9.17, 15) is 5.26 Å². The first-order valence-electron chi connectivity index (χ1n) is 17.7. The maximum absolute atomic E-state index is 10.1. The third-order valence-electron chi connectivity index (χ3n) is 10.2. The van der Waals surface area contributed by atoms with Crippen LogP contribution in [0.4, 0.5) is 11.4 Å². The van der Waals surface area contributed by atoms with E-state index in [4.69, 9.17) is 6.57 Å². The van der Waals surface area contributed by atoms with Crippen LogP contribution >= 0.6 is 0 Å². The molecule has 0 bridgehead atoms. The van der Waals surface area contributed by atoms with E-state index in [1.54, 1.807) is 0 Å². The maximum Gasteiger partial charge on any atom is 0.211 e. The summed E-state index contributed by atoms with van der Waals surface area (Å²) in [7, 11) is 0. The summed E-state index contributed by atoms with van der Waals surface area (Å²) in [4.78, 5) is 11.6. The van der Waals surface area contributed by atoms with Gasteiger partial charge in [0, 0.05) is 54.7 Å². The number of para-hydroxylation sites is 4. The summed E-state index contributed by atoms with van der Waals surface area (Å²) in [6, 6.07) is 55.1. The molecule has 2 aliphatic rings. The van der Waals surface area contributed by atoms with Gasteiger partial charge in [-0.1, -0.05) is 97.4 Å². The van der Waals surface area contributed by atoms with Crippen molar-refractivity contribution in [3.63, 3.8) is 0 Å². The van der Waals surface area contributed by atoms with E-state index in [1.165, 1.54) is 21.5 Å². The minimum Gasteiger partial charge on any atom is -0.499 e. The first-order chi connectivity index (χ1) is 26.7.